The van der Waals surface area contributed by atoms with E-state index in [2.05, 4.69) is 4.98 Å². The minimum Gasteiger partial charge on any atom is -0.464 e. The van der Waals surface area contributed by atoms with Gasteiger partial charge in [0.25, 0.3) is 0 Å². The summed E-state index contributed by atoms with van der Waals surface area (Å²) in [5.41, 5.74) is 2.06. The van der Waals surface area contributed by atoms with E-state index in [1.165, 1.54) is 0 Å². The zero-order valence-electron chi connectivity index (χ0n) is 10.8. The van der Waals surface area contributed by atoms with Gasteiger partial charge in [-0.05, 0) is 31.5 Å². The van der Waals surface area contributed by atoms with Gasteiger partial charge in [0.1, 0.15) is 6.26 Å². The molecule has 0 amide bonds. The number of carbonyl (C=O) groups is 1. The van der Waals surface area contributed by atoms with Crippen LogP contribution in [0.1, 0.15) is 24.3 Å². The van der Waals surface area contributed by atoms with E-state index in [9.17, 15) is 9.90 Å². The first-order valence-electron chi connectivity index (χ1n) is 5.99. The largest absolute Gasteiger partial charge is 0.464 e. The van der Waals surface area contributed by atoms with Crippen LogP contribution in [0.4, 0.5) is 0 Å². The first kappa shape index (κ1) is 13.3. The molecule has 1 N–H and O–H groups in total. The number of hydrogen-bond acceptors (Lipinski definition) is 5. The molecule has 1 heterocycles. The summed E-state index contributed by atoms with van der Waals surface area (Å²) in [5, 5.41) is 9.77. The lowest BCUT2D eigenvalue weighted by atomic mass is 10.1. The number of aryl methyl sites for hydroxylation is 1. The van der Waals surface area contributed by atoms with Gasteiger partial charge in [0.2, 0.25) is 5.89 Å². The van der Waals surface area contributed by atoms with Crippen molar-refractivity contribution in [2.45, 2.75) is 20.0 Å². The maximum absolute atomic E-state index is 11.4. The molecule has 0 spiro atoms. The molecule has 0 saturated carbocycles. The van der Waals surface area contributed by atoms with Crippen molar-refractivity contribution in [1.29, 1.82) is 0 Å². The van der Waals surface area contributed by atoms with E-state index in [1.807, 2.05) is 6.92 Å². The van der Waals surface area contributed by atoms with Gasteiger partial charge in [0, 0.05) is 5.56 Å². The number of benzene rings is 1. The van der Waals surface area contributed by atoms with Gasteiger partial charge >= 0.3 is 5.97 Å². The molecule has 5 nitrogen and oxygen atoms in total. The summed E-state index contributed by atoms with van der Waals surface area (Å²) in [6.45, 7) is 3.77. The second-order valence-corrected chi connectivity index (χ2v) is 4.07. The van der Waals surface area contributed by atoms with Crippen LogP contribution < -0.4 is 0 Å². The highest BCUT2D eigenvalue weighted by molar-refractivity contribution is 5.76. The van der Waals surface area contributed by atoms with Crippen LogP contribution in [0, 0.1) is 6.92 Å². The number of nitrogens with zero attached hydrogens (tertiary/aromatic N) is 1. The summed E-state index contributed by atoms with van der Waals surface area (Å²) in [6, 6.07) is 6.78. The third-order valence-corrected chi connectivity index (χ3v) is 2.60. The van der Waals surface area contributed by atoms with Crippen LogP contribution in [0.5, 0.6) is 0 Å². The monoisotopic (exact) mass is 261 g/mol. The smallest absolute Gasteiger partial charge is 0.339 e. The second kappa shape index (κ2) is 5.67. The molecule has 1 aromatic carbocycles. The van der Waals surface area contributed by atoms with E-state index in [-0.39, 0.29) is 6.61 Å². The van der Waals surface area contributed by atoms with Crippen LogP contribution in [-0.2, 0) is 9.53 Å². The highest BCUT2D eigenvalue weighted by atomic mass is 16.5. The molecule has 1 atom stereocenters. The fourth-order valence-corrected chi connectivity index (χ4v) is 1.65. The van der Waals surface area contributed by atoms with Gasteiger partial charge in [-0.25, -0.2) is 9.78 Å². The maximum atomic E-state index is 11.4. The lowest BCUT2D eigenvalue weighted by molar-refractivity contribution is -0.153. The molecule has 0 fully saturated rings. The van der Waals surface area contributed by atoms with Crippen molar-refractivity contribution in [1.82, 2.24) is 4.98 Å². The van der Waals surface area contributed by atoms with Gasteiger partial charge in [0.05, 0.1) is 12.3 Å². The normalized spacial score (nSPS) is 12.2. The Kier molecular flexibility index (Phi) is 3.97. The van der Waals surface area contributed by atoms with E-state index >= 15 is 0 Å². The Labute approximate surface area is 110 Å². The van der Waals surface area contributed by atoms with Crippen LogP contribution in [0.15, 0.2) is 34.9 Å². The lowest BCUT2D eigenvalue weighted by Crippen LogP contribution is -2.15. The quantitative estimate of drug-likeness (QED) is 0.854. The summed E-state index contributed by atoms with van der Waals surface area (Å²) in [6.07, 6.45) is 0.303. The number of carbonyl (C=O) groups excluding carboxylic acids is 1. The Bertz CT molecular complexity index is 559. The van der Waals surface area contributed by atoms with Crippen molar-refractivity contribution in [3.05, 3.63) is 41.8 Å². The Balaban J connectivity index is 2.16. The molecule has 0 saturated heterocycles. The molecule has 1 aromatic heterocycles. The molecular weight excluding hydrogens is 246 g/mol. The zero-order chi connectivity index (χ0) is 13.8. The minimum atomic E-state index is -1.26. The van der Waals surface area contributed by atoms with Gasteiger partial charge in [0.15, 0.2) is 6.10 Å². The van der Waals surface area contributed by atoms with Crippen LogP contribution in [0.2, 0.25) is 0 Å². The number of hydrogen-bond donors (Lipinski definition) is 1. The molecule has 0 bridgehead atoms. The van der Waals surface area contributed by atoms with Crippen molar-refractivity contribution >= 4 is 5.97 Å². The third kappa shape index (κ3) is 3.00. The lowest BCUT2D eigenvalue weighted by Gasteiger charge is -2.09. The zero-order valence-corrected chi connectivity index (χ0v) is 10.8. The Morgan fingerprint density at radius 2 is 2.11 bits per heavy atom. The van der Waals surface area contributed by atoms with Gasteiger partial charge in [-0.2, -0.15) is 0 Å². The molecule has 1 unspecified atom stereocenters. The highest BCUT2D eigenvalue weighted by Crippen LogP contribution is 2.22. The summed E-state index contributed by atoms with van der Waals surface area (Å²) in [4.78, 5) is 15.6. The highest BCUT2D eigenvalue weighted by Gasteiger charge is 2.18. The van der Waals surface area contributed by atoms with Gasteiger partial charge in [-0.15, -0.1) is 0 Å². The maximum Gasteiger partial charge on any atom is 0.339 e. The van der Waals surface area contributed by atoms with Crippen LogP contribution in [0.25, 0.3) is 11.5 Å². The van der Waals surface area contributed by atoms with Gasteiger partial charge in [-0.1, -0.05) is 12.1 Å². The molecule has 2 rings (SSSR count). The first-order chi connectivity index (χ1) is 9.11. The van der Waals surface area contributed by atoms with Crippen molar-refractivity contribution in [2.24, 2.45) is 0 Å². The summed E-state index contributed by atoms with van der Waals surface area (Å²) >= 11 is 0. The van der Waals surface area contributed by atoms with E-state index in [4.69, 9.17) is 9.15 Å². The average Bonchev–Trinajstić information content (AvgIpc) is 2.85. The topological polar surface area (TPSA) is 72.6 Å². The molecule has 2 aromatic rings. The molecule has 5 heteroatoms. The van der Waals surface area contributed by atoms with Crippen LogP contribution >= 0.6 is 0 Å². The van der Waals surface area contributed by atoms with Crippen LogP contribution in [0.3, 0.4) is 0 Å². The third-order valence-electron chi connectivity index (χ3n) is 2.60. The van der Waals surface area contributed by atoms with Crippen molar-refractivity contribution in [3.63, 3.8) is 0 Å². The molecule has 0 aliphatic rings. The molecular formula is C14H15NO4. The first-order valence-corrected chi connectivity index (χ1v) is 5.99. The average molecular weight is 261 g/mol. The SMILES string of the molecule is CCOC(=O)C(O)c1ccc(-c2nc(C)co2)cc1. The fourth-order valence-electron chi connectivity index (χ4n) is 1.65. The molecule has 0 aliphatic carbocycles. The Morgan fingerprint density at radius 3 is 2.63 bits per heavy atom. The summed E-state index contributed by atoms with van der Waals surface area (Å²) in [5.74, 6) is -0.142. The number of rotatable bonds is 4. The summed E-state index contributed by atoms with van der Waals surface area (Å²) < 4.78 is 10.0. The number of ether oxygens (including phenoxy) is 1. The molecule has 19 heavy (non-hydrogen) atoms. The fraction of sp³-hybridized carbons (Fsp3) is 0.286. The number of esters is 1. The molecule has 0 aliphatic heterocycles. The number of aromatic nitrogens is 1. The number of aliphatic hydroxyl groups is 1. The van der Waals surface area contributed by atoms with E-state index in [0.717, 1.165) is 11.3 Å². The predicted octanol–water partition coefficient (Wildman–Crippen LogP) is 2.25. The molecule has 0 radical (unpaired) electrons. The van der Waals surface area contributed by atoms with E-state index in [0.29, 0.717) is 11.5 Å². The Morgan fingerprint density at radius 1 is 1.42 bits per heavy atom. The number of aliphatic hydroxyl groups excluding tert-OH is 1. The van der Waals surface area contributed by atoms with Crippen molar-refractivity contribution in [3.8, 4) is 11.5 Å². The van der Waals surface area contributed by atoms with Crippen molar-refractivity contribution in [2.75, 3.05) is 6.61 Å². The minimum absolute atomic E-state index is 0.240. The predicted molar refractivity (Wildman–Crippen MR) is 68.3 cm³/mol. The Hall–Kier alpha value is -2.14. The van der Waals surface area contributed by atoms with Crippen LogP contribution in [-0.4, -0.2) is 22.7 Å². The van der Waals surface area contributed by atoms with Crippen molar-refractivity contribution < 1.29 is 19.1 Å². The standard InChI is InChI=1S/C14H15NO4/c1-3-18-14(17)12(16)10-4-6-11(7-5-10)13-15-9(2)8-19-13/h4-8,12,16H,3H2,1-2H3. The van der Waals surface area contributed by atoms with Gasteiger partial charge < -0.3 is 14.3 Å². The molecule has 100 valence electrons. The van der Waals surface area contributed by atoms with E-state index in [1.54, 1.807) is 37.5 Å². The summed E-state index contributed by atoms with van der Waals surface area (Å²) in [7, 11) is 0. The van der Waals surface area contributed by atoms with Gasteiger partial charge in [-0.3, -0.25) is 0 Å². The number of oxazole rings is 1. The second-order valence-electron chi connectivity index (χ2n) is 4.07. The van der Waals surface area contributed by atoms with E-state index < -0.39 is 12.1 Å².